The van der Waals surface area contributed by atoms with Crippen molar-refractivity contribution in [3.63, 3.8) is 0 Å². The lowest BCUT2D eigenvalue weighted by Crippen LogP contribution is -2.28. The molecule has 0 saturated carbocycles. The van der Waals surface area contributed by atoms with E-state index in [-0.39, 0.29) is 18.4 Å². The minimum Gasteiger partial charge on any atom is -0.493 e. The Morgan fingerprint density at radius 3 is 2.12 bits per heavy atom. The van der Waals surface area contributed by atoms with E-state index in [1.165, 1.54) is 5.56 Å². The fourth-order valence-electron chi connectivity index (χ4n) is 3.58. The van der Waals surface area contributed by atoms with E-state index in [2.05, 4.69) is 29.2 Å². The molecule has 0 radical (unpaired) electrons. The van der Waals surface area contributed by atoms with E-state index in [0.29, 0.717) is 23.2 Å². The van der Waals surface area contributed by atoms with Crippen molar-refractivity contribution >= 4 is 12.4 Å². The van der Waals surface area contributed by atoms with Crippen LogP contribution in [0.25, 0.3) is 0 Å². The third kappa shape index (κ3) is 4.23. The highest BCUT2D eigenvalue weighted by Crippen LogP contribution is 2.39. The molecule has 0 bridgehead atoms. The minimum atomic E-state index is 0. The van der Waals surface area contributed by atoms with Crippen molar-refractivity contribution in [3.05, 3.63) is 53.6 Å². The summed E-state index contributed by atoms with van der Waals surface area (Å²) in [7, 11) is 4.89. The van der Waals surface area contributed by atoms with Gasteiger partial charge in [0.1, 0.15) is 0 Å². The quantitative estimate of drug-likeness (QED) is 0.837. The standard InChI is InChI=1S/C20H26N2O3.ClH/c1-23-18-9-14(10-19(24-2)20(18)25-3)11-22-12-16(17(21)13-22)15-7-5-4-6-8-15;/h4-10,16-17H,11-13,21H2,1-3H3;1H/t16-,17+;/m0./s1. The van der Waals surface area contributed by atoms with Gasteiger partial charge in [-0.3, -0.25) is 4.90 Å². The molecule has 0 amide bonds. The van der Waals surface area contributed by atoms with Gasteiger partial charge in [0.25, 0.3) is 0 Å². The lowest BCUT2D eigenvalue weighted by molar-refractivity contribution is 0.311. The van der Waals surface area contributed by atoms with Gasteiger partial charge in [-0.25, -0.2) is 0 Å². The normalized spacial score (nSPS) is 19.7. The summed E-state index contributed by atoms with van der Waals surface area (Å²) in [6.45, 7) is 2.62. The summed E-state index contributed by atoms with van der Waals surface area (Å²) in [5, 5.41) is 0. The first-order valence-corrected chi connectivity index (χ1v) is 8.48. The first-order chi connectivity index (χ1) is 12.2. The molecule has 1 aliphatic heterocycles. The summed E-state index contributed by atoms with van der Waals surface area (Å²) >= 11 is 0. The van der Waals surface area contributed by atoms with Crippen molar-refractivity contribution in [2.24, 2.45) is 5.73 Å². The average Bonchev–Trinajstić information content (AvgIpc) is 3.01. The molecule has 1 heterocycles. The zero-order valence-electron chi connectivity index (χ0n) is 15.5. The van der Waals surface area contributed by atoms with Crippen molar-refractivity contribution in [1.29, 1.82) is 0 Å². The van der Waals surface area contributed by atoms with Gasteiger partial charge in [0.05, 0.1) is 21.3 Å². The number of rotatable bonds is 6. The van der Waals surface area contributed by atoms with Gasteiger partial charge in [-0.15, -0.1) is 12.4 Å². The molecule has 1 saturated heterocycles. The van der Waals surface area contributed by atoms with Crippen LogP contribution in [-0.2, 0) is 6.54 Å². The average molecular weight is 379 g/mol. The summed E-state index contributed by atoms with van der Waals surface area (Å²) in [6, 6.07) is 14.7. The molecule has 5 nitrogen and oxygen atoms in total. The van der Waals surface area contributed by atoms with Crippen LogP contribution in [0.4, 0.5) is 0 Å². The van der Waals surface area contributed by atoms with Gasteiger partial charge in [0, 0.05) is 31.6 Å². The molecule has 0 spiro atoms. The first-order valence-electron chi connectivity index (χ1n) is 8.48. The Labute approximate surface area is 161 Å². The molecule has 2 aromatic rings. The van der Waals surface area contributed by atoms with Gasteiger partial charge in [-0.2, -0.15) is 0 Å². The van der Waals surface area contributed by atoms with Crippen LogP contribution in [0, 0.1) is 0 Å². The van der Waals surface area contributed by atoms with Gasteiger partial charge in [0.15, 0.2) is 11.5 Å². The molecule has 2 aromatic carbocycles. The van der Waals surface area contributed by atoms with Crippen molar-refractivity contribution in [1.82, 2.24) is 4.90 Å². The molecule has 1 aliphatic rings. The lowest BCUT2D eigenvalue weighted by atomic mass is 9.95. The molecular weight excluding hydrogens is 352 g/mol. The molecule has 142 valence electrons. The second-order valence-electron chi connectivity index (χ2n) is 6.41. The van der Waals surface area contributed by atoms with E-state index < -0.39 is 0 Å². The maximum Gasteiger partial charge on any atom is 0.203 e. The Morgan fingerprint density at radius 2 is 1.58 bits per heavy atom. The Balaban J connectivity index is 0.00000243. The summed E-state index contributed by atoms with van der Waals surface area (Å²) in [5.41, 5.74) is 8.83. The zero-order valence-corrected chi connectivity index (χ0v) is 16.3. The minimum absolute atomic E-state index is 0. The van der Waals surface area contributed by atoms with Crippen LogP contribution in [0.15, 0.2) is 42.5 Å². The van der Waals surface area contributed by atoms with E-state index in [4.69, 9.17) is 19.9 Å². The largest absolute Gasteiger partial charge is 0.493 e. The van der Waals surface area contributed by atoms with E-state index in [1.807, 2.05) is 18.2 Å². The molecule has 2 atom stereocenters. The zero-order chi connectivity index (χ0) is 17.8. The first kappa shape index (κ1) is 20.4. The van der Waals surface area contributed by atoms with Gasteiger partial charge in [-0.1, -0.05) is 30.3 Å². The Kier molecular flexibility index (Phi) is 7.14. The van der Waals surface area contributed by atoms with Gasteiger partial charge in [-0.05, 0) is 23.3 Å². The topological polar surface area (TPSA) is 57.0 Å². The van der Waals surface area contributed by atoms with Crippen molar-refractivity contribution in [3.8, 4) is 17.2 Å². The second-order valence-corrected chi connectivity index (χ2v) is 6.41. The van der Waals surface area contributed by atoms with Crippen LogP contribution in [-0.4, -0.2) is 45.4 Å². The maximum atomic E-state index is 6.40. The number of benzene rings is 2. The van der Waals surface area contributed by atoms with Crippen LogP contribution in [0.3, 0.4) is 0 Å². The molecule has 0 aliphatic carbocycles. The Morgan fingerprint density at radius 1 is 0.962 bits per heavy atom. The molecular formula is C20H27ClN2O3. The lowest BCUT2D eigenvalue weighted by Gasteiger charge is -2.19. The van der Waals surface area contributed by atoms with Crippen LogP contribution in [0.5, 0.6) is 17.2 Å². The summed E-state index contributed by atoms with van der Waals surface area (Å²) in [5.74, 6) is 2.34. The molecule has 1 fully saturated rings. The number of hydrogen-bond acceptors (Lipinski definition) is 5. The summed E-state index contributed by atoms with van der Waals surface area (Å²) in [6.07, 6.45) is 0. The third-order valence-electron chi connectivity index (χ3n) is 4.80. The fraction of sp³-hybridized carbons (Fsp3) is 0.400. The van der Waals surface area contributed by atoms with Gasteiger partial charge >= 0.3 is 0 Å². The second kappa shape index (κ2) is 9.12. The third-order valence-corrected chi connectivity index (χ3v) is 4.80. The monoisotopic (exact) mass is 378 g/mol. The van der Waals surface area contributed by atoms with Crippen molar-refractivity contribution in [2.75, 3.05) is 34.4 Å². The number of nitrogens with two attached hydrogens (primary N) is 1. The van der Waals surface area contributed by atoms with E-state index in [9.17, 15) is 0 Å². The van der Waals surface area contributed by atoms with Crippen LogP contribution in [0.1, 0.15) is 17.0 Å². The fourth-order valence-corrected chi connectivity index (χ4v) is 3.58. The van der Waals surface area contributed by atoms with E-state index >= 15 is 0 Å². The Bertz CT molecular complexity index is 686. The number of nitrogens with zero attached hydrogens (tertiary/aromatic N) is 1. The Hall–Kier alpha value is -1.95. The van der Waals surface area contributed by atoms with Crippen molar-refractivity contribution in [2.45, 2.75) is 18.5 Å². The molecule has 0 unspecified atom stereocenters. The van der Waals surface area contributed by atoms with E-state index in [0.717, 1.165) is 25.2 Å². The van der Waals surface area contributed by atoms with Crippen LogP contribution in [0.2, 0.25) is 0 Å². The van der Waals surface area contributed by atoms with Gasteiger partial charge in [0.2, 0.25) is 5.75 Å². The molecule has 26 heavy (non-hydrogen) atoms. The number of hydrogen-bond donors (Lipinski definition) is 1. The summed E-state index contributed by atoms with van der Waals surface area (Å²) < 4.78 is 16.3. The molecule has 6 heteroatoms. The van der Waals surface area contributed by atoms with Gasteiger partial charge < -0.3 is 19.9 Å². The number of methoxy groups -OCH3 is 3. The highest BCUT2D eigenvalue weighted by Gasteiger charge is 2.31. The smallest absolute Gasteiger partial charge is 0.203 e. The number of halogens is 1. The molecule has 3 rings (SSSR count). The maximum absolute atomic E-state index is 6.40. The number of likely N-dealkylation sites (tertiary alicyclic amines) is 1. The summed E-state index contributed by atoms with van der Waals surface area (Å²) in [4.78, 5) is 2.38. The number of ether oxygens (including phenoxy) is 3. The predicted molar refractivity (Wildman–Crippen MR) is 106 cm³/mol. The highest BCUT2D eigenvalue weighted by atomic mass is 35.5. The SMILES string of the molecule is COc1cc(CN2C[C@@H](N)[C@H](c3ccccc3)C2)cc(OC)c1OC.Cl. The van der Waals surface area contributed by atoms with Crippen LogP contribution >= 0.6 is 12.4 Å². The predicted octanol–water partition coefficient (Wildman–Crippen LogP) is 3.06. The highest BCUT2D eigenvalue weighted by molar-refractivity contribution is 5.85. The van der Waals surface area contributed by atoms with E-state index in [1.54, 1.807) is 21.3 Å². The van der Waals surface area contributed by atoms with Crippen molar-refractivity contribution < 1.29 is 14.2 Å². The van der Waals surface area contributed by atoms with Crippen LogP contribution < -0.4 is 19.9 Å². The molecule has 2 N–H and O–H groups in total. The molecule has 0 aromatic heterocycles.